The molecule has 84 valence electrons. The molecule has 1 unspecified atom stereocenters. The summed E-state index contributed by atoms with van der Waals surface area (Å²) in [5.41, 5.74) is -0.118. The summed E-state index contributed by atoms with van der Waals surface area (Å²) in [5.74, 6) is -0.577. The number of esters is 1. The van der Waals surface area contributed by atoms with Gasteiger partial charge in [-0.3, -0.25) is 0 Å². The highest BCUT2D eigenvalue weighted by Gasteiger charge is 2.15. The Morgan fingerprint density at radius 1 is 1.40 bits per heavy atom. The molecule has 0 fully saturated rings. The Balaban J connectivity index is 4.10. The number of ether oxygens (including phenoxy) is 1. The van der Waals surface area contributed by atoms with Crippen molar-refractivity contribution in [2.45, 2.75) is 52.1 Å². The average molecular weight is 209 g/mol. The minimum atomic E-state index is -0.577. The van der Waals surface area contributed by atoms with Crippen LogP contribution in [0, 0.1) is 11.3 Å². The lowest BCUT2D eigenvalue weighted by atomic mass is 10.1. The quantitative estimate of drug-likeness (QED) is 0.368. The molecule has 15 heavy (non-hydrogen) atoms. The molecule has 3 heteroatoms. The van der Waals surface area contributed by atoms with E-state index in [0.29, 0.717) is 0 Å². The Morgan fingerprint density at radius 3 is 2.53 bits per heavy atom. The van der Waals surface area contributed by atoms with Crippen LogP contribution in [0.3, 0.4) is 0 Å². The van der Waals surface area contributed by atoms with Crippen molar-refractivity contribution in [3.63, 3.8) is 0 Å². The summed E-state index contributed by atoms with van der Waals surface area (Å²) >= 11 is 0. The third-order valence-corrected chi connectivity index (χ3v) is 2.15. The van der Waals surface area contributed by atoms with Gasteiger partial charge in [0.15, 0.2) is 0 Å². The van der Waals surface area contributed by atoms with Gasteiger partial charge in [-0.15, -0.1) is 0 Å². The minimum absolute atomic E-state index is 0.0625. The maximum absolute atomic E-state index is 11.3. The third kappa shape index (κ3) is 5.90. The first-order valence-corrected chi connectivity index (χ1v) is 5.45. The maximum Gasteiger partial charge on any atom is 0.348 e. The molecule has 1 atom stereocenters. The molecule has 0 radical (unpaired) electrons. The zero-order valence-corrected chi connectivity index (χ0v) is 9.58. The van der Waals surface area contributed by atoms with Crippen LogP contribution in [0.2, 0.25) is 0 Å². The summed E-state index contributed by atoms with van der Waals surface area (Å²) < 4.78 is 5.18. The van der Waals surface area contributed by atoms with E-state index in [1.54, 1.807) is 6.07 Å². The van der Waals surface area contributed by atoms with Gasteiger partial charge in [-0.1, -0.05) is 39.7 Å². The fraction of sp³-hybridized carbons (Fsp3) is 0.667. The lowest BCUT2D eigenvalue weighted by molar-refractivity contribution is -0.144. The first-order valence-electron chi connectivity index (χ1n) is 5.45. The number of rotatable bonds is 7. The van der Waals surface area contributed by atoms with Gasteiger partial charge in [0.05, 0.1) is 0 Å². The highest BCUT2D eigenvalue weighted by Crippen LogP contribution is 2.12. The van der Waals surface area contributed by atoms with Crippen molar-refractivity contribution >= 4 is 5.97 Å². The number of carbonyl (C=O) groups is 1. The van der Waals surface area contributed by atoms with Crippen molar-refractivity contribution in [3.05, 3.63) is 12.2 Å². The largest absolute Gasteiger partial charge is 0.458 e. The van der Waals surface area contributed by atoms with Crippen molar-refractivity contribution in [2.24, 2.45) is 0 Å². The first-order chi connectivity index (χ1) is 7.15. The van der Waals surface area contributed by atoms with Crippen molar-refractivity contribution in [2.75, 3.05) is 0 Å². The molecule has 0 heterocycles. The average Bonchev–Trinajstić information content (AvgIpc) is 2.24. The van der Waals surface area contributed by atoms with E-state index in [4.69, 9.17) is 10.00 Å². The number of nitriles is 1. The van der Waals surface area contributed by atoms with Crippen LogP contribution in [0.5, 0.6) is 0 Å². The molecule has 0 saturated carbocycles. The van der Waals surface area contributed by atoms with E-state index < -0.39 is 5.97 Å². The summed E-state index contributed by atoms with van der Waals surface area (Å²) in [5, 5.41) is 8.47. The maximum atomic E-state index is 11.3. The molecule has 0 aromatic carbocycles. The fourth-order valence-corrected chi connectivity index (χ4v) is 1.28. The van der Waals surface area contributed by atoms with Gasteiger partial charge in [-0.25, -0.2) is 4.79 Å². The van der Waals surface area contributed by atoms with Gasteiger partial charge in [-0.05, 0) is 12.8 Å². The molecule has 0 aliphatic rings. The number of nitrogens with zero attached hydrogens (tertiary/aromatic N) is 1. The summed E-state index contributed by atoms with van der Waals surface area (Å²) in [6.07, 6.45) is 4.75. The highest BCUT2D eigenvalue weighted by molar-refractivity contribution is 5.91. The van der Waals surface area contributed by atoms with Crippen LogP contribution >= 0.6 is 0 Å². The standard InChI is InChI=1S/C12H19NO2/c1-4-6-8-11(7-5-2)15-12(14)10(3)9-13/h11H,3-8H2,1-2H3. The Bertz CT molecular complexity index is 253. The lowest BCUT2D eigenvalue weighted by Gasteiger charge is -2.16. The van der Waals surface area contributed by atoms with Crippen LogP contribution in [0.1, 0.15) is 46.0 Å². The van der Waals surface area contributed by atoms with E-state index in [9.17, 15) is 4.79 Å². The van der Waals surface area contributed by atoms with Crippen molar-refractivity contribution in [3.8, 4) is 6.07 Å². The molecule has 0 aliphatic carbocycles. The van der Waals surface area contributed by atoms with Crippen LogP contribution < -0.4 is 0 Å². The molecular weight excluding hydrogens is 190 g/mol. The molecule has 3 nitrogen and oxygen atoms in total. The highest BCUT2D eigenvalue weighted by atomic mass is 16.5. The van der Waals surface area contributed by atoms with Gasteiger partial charge >= 0.3 is 5.97 Å². The van der Waals surface area contributed by atoms with Gasteiger partial charge < -0.3 is 4.74 Å². The lowest BCUT2D eigenvalue weighted by Crippen LogP contribution is -2.18. The second-order valence-electron chi connectivity index (χ2n) is 3.55. The van der Waals surface area contributed by atoms with E-state index in [0.717, 1.165) is 32.1 Å². The molecule has 0 spiro atoms. The van der Waals surface area contributed by atoms with Gasteiger partial charge in [0, 0.05) is 0 Å². The van der Waals surface area contributed by atoms with Crippen LogP contribution in [-0.4, -0.2) is 12.1 Å². The molecule has 0 aromatic heterocycles. The molecule has 0 bridgehead atoms. The summed E-state index contributed by atoms with van der Waals surface area (Å²) in [7, 11) is 0. The third-order valence-electron chi connectivity index (χ3n) is 2.15. The normalized spacial score (nSPS) is 11.5. The van der Waals surface area contributed by atoms with Crippen LogP contribution in [0.25, 0.3) is 0 Å². The van der Waals surface area contributed by atoms with Crippen LogP contribution in [0.15, 0.2) is 12.2 Å². The van der Waals surface area contributed by atoms with E-state index in [1.165, 1.54) is 0 Å². The molecule has 0 amide bonds. The van der Waals surface area contributed by atoms with E-state index in [1.807, 2.05) is 6.92 Å². The second kappa shape index (κ2) is 8.05. The van der Waals surface area contributed by atoms with Crippen molar-refractivity contribution in [1.82, 2.24) is 0 Å². The van der Waals surface area contributed by atoms with Crippen molar-refractivity contribution < 1.29 is 9.53 Å². The molecule has 0 N–H and O–H groups in total. The molecule has 0 aromatic rings. The van der Waals surface area contributed by atoms with Gasteiger partial charge in [-0.2, -0.15) is 5.26 Å². The summed E-state index contributed by atoms with van der Waals surface area (Å²) in [6, 6.07) is 1.70. The topological polar surface area (TPSA) is 50.1 Å². The molecule has 0 saturated heterocycles. The number of unbranched alkanes of at least 4 members (excludes halogenated alkanes) is 1. The van der Waals surface area contributed by atoms with Crippen LogP contribution in [-0.2, 0) is 9.53 Å². The van der Waals surface area contributed by atoms with Crippen molar-refractivity contribution in [1.29, 1.82) is 5.26 Å². The molecule has 0 aliphatic heterocycles. The SMILES string of the molecule is C=C(C#N)C(=O)OC(CCC)CCCC. The predicted octanol–water partition coefficient (Wildman–Crippen LogP) is 2.97. The van der Waals surface area contributed by atoms with E-state index >= 15 is 0 Å². The van der Waals surface area contributed by atoms with E-state index in [-0.39, 0.29) is 11.7 Å². The minimum Gasteiger partial charge on any atom is -0.458 e. The molecule has 0 rings (SSSR count). The molecular formula is C12H19NO2. The predicted molar refractivity (Wildman–Crippen MR) is 59.1 cm³/mol. The Hall–Kier alpha value is -1.30. The van der Waals surface area contributed by atoms with E-state index in [2.05, 4.69) is 13.5 Å². The first kappa shape index (κ1) is 13.7. The van der Waals surface area contributed by atoms with Gasteiger partial charge in [0.25, 0.3) is 0 Å². The Labute approximate surface area is 91.7 Å². The summed E-state index contributed by atoms with van der Waals surface area (Å²) in [4.78, 5) is 11.3. The Kier molecular flexibility index (Phi) is 7.35. The zero-order chi connectivity index (χ0) is 11.7. The van der Waals surface area contributed by atoms with Crippen LogP contribution in [0.4, 0.5) is 0 Å². The second-order valence-corrected chi connectivity index (χ2v) is 3.55. The smallest absolute Gasteiger partial charge is 0.348 e. The monoisotopic (exact) mass is 209 g/mol. The Morgan fingerprint density at radius 2 is 2.07 bits per heavy atom. The fourth-order valence-electron chi connectivity index (χ4n) is 1.28. The summed E-state index contributed by atoms with van der Waals surface area (Å²) in [6.45, 7) is 7.47. The van der Waals surface area contributed by atoms with Gasteiger partial charge in [0.2, 0.25) is 0 Å². The number of hydrogen-bond acceptors (Lipinski definition) is 3. The number of carbonyl (C=O) groups excluding carboxylic acids is 1. The van der Waals surface area contributed by atoms with Gasteiger partial charge in [0.1, 0.15) is 17.7 Å². The number of hydrogen-bond donors (Lipinski definition) is 0. The zero-order valence-electron chi connectivity index (χ0n) is 9.58.